The van der Waals surface area contributed by atoms with Gasteiger partial charge < -0.3 is 9.26 Å². The molecule has 4 rings (SSSR count). The van der Waals surface area contributed by atoms with E-state index < -0.39 is 10.0 Å². The van der Waals surface area contributed by atoms with E-state index in [0.29, 0.717) is 28.7 Å². The van der Waals surface area contributed by atoms with Gasteiger partial charge in [0.2, 0.25) is 5.82 Å². The Hall–Kier alpha value is -2.82. The van der Waals surface area contributed by atoms with Crippen molar-refractivity contribution < 1.29 is 17.7 Å². The summed E-state index contributed by atoms with van der Waals surface area (Å²) in [5, 5.41) is 5.74. The summed E-state index contributed by atoms with van der Waals surface area (Å²) in [4.78, 5) is 6.09. The van der Waals surface area contributed by atoms with Crippen LogP contribution in [0.25, 0.3) is 22.2 Å². The molecule has 0 radical (unpaired) electrons. The second-order valence-electron chi connectivity index (χ2n) is 6.67. The van der Waals surface area contributed by atoms with Crippen molar-refractivity contribution in [2.75, 3.05) is 24.2 Å². The third-order valence-electron chi connectivity index (χ3n) is 4.75. The van der Waals surface area contributed by atoms with Crippen LogP contribution >= 0.6 is 23.1 Å². The largest absolute Gasteiger partial charge is 0.494 e. The van der Waals surface area contributed by atoms with Crippen LogP contribution in [0.2, 0.25) is 0 Å². The van der Waals surface area contributed by atoms with Crippen LogP contribution in [0.4, 0.5) is 5.69 Å². The molecular weight excluding hydrogens is 466 g/mol. The lowest BCUT2D eigenvalue weighted by Gasteiger charge is -2.19. The Morgan fingerprint density at radius 3 is 2.47 bits per heavy atom. The predicted octanol–water partition coefficient (Wildman–Crippen LogP) is 5.41. The molecule has 0 spiro atoms. The van der Waals surface area contributed by atoms with Gasteiger partial charge in [-0.2, -0.15) is 4.98 Å². The van der Waals surface area contributed by atoms with Gasteiger partial charge in [-0.3, -0.25) is 4.31 Å². The molecule has 0 fully saturated rings. The van der Waals surface area contributed by atoms with Crippen LogP contribution in [0.15, 0.2) is 74.3 Å². The first kappa shape index (κ1) is 22.4. The summed E-state index contributed by atoms with van der Waals surface area (Å²) in [6.45, 7) is 2.43. The van der Waals surface area contributed by atoms with Crippen molar-refractivity contribution in [2.24, 2.45) is 0 Å². The summed E-state index contributed by atoms with van der Waals surface area (Å²) in [6.07, 6.45) is 2.00. The van der Waals surface area contributed by atoms with Gasteiger partial charge in [-0.25, -0.2) is 8.42 Å². The van der Waals surface area contributed by atoms with Crippen molar-refractivity contribution in [3.05, 3.63) is 60.0 Å². The van der Waals surface area contributed by atoms with Crippen LogP contribution in [-0.4, -0.2) is 38.5 Å². The van der Waals surface area contributed by atoms with Crippen molar-refractivity contribution in [3.63, 3.8) is 0 Å². The number of rotatable bonds is 8. The first-order valence-electron chi connectivity index (χ1n) is 9.72. The SMILES string of the molecule is CCOc1ccc(N(C)S(=O)(=O)c2ccsc2-c2nc(-c3ccc(SC)cc3)no2)cc1. The molecule has 4 aromatic rings. The number of aromatic nitrogens is 2. The zero-order valence-electron chi connectivity index (χ0n) is 17.7. The van der Waals surface area contributed by atoms with Gasteiger partial charge in [-0.15, -0.1) is 23.1 Å². The molecule has 0 bridgehead atoms. The van der Waals surface area contributed by atoms with Gasteiger partial charge in [0.1, 0.15) is 15.5 Å². The number of thioether (sulfide) groups is 1. The van der Waals surface area contributed by atoms with E-state index in [0.717, 1.165) is 10.5 Å². The van der Waals surface area contributed by atoms with Crippen molar-refractivity contribution in [1.29, 1.82) is 0 Å². The topological polar surface area (TPSA) is 85.5 Å². The molecule has 0 amide bonds. The molecule has 2 aromatic heterocycles. The van der Waals surface area contributed by atoms with E-state index in [1.54, 1.807) is 47.5 Å². The molecule has 0 aliphatic carbocycles. The third-order valence-corrected chi connectivity index (χ3v) is 8.35. The number of hydrogen-bond acceptors (Lipinski definition) is 8. The number of hydrogen-bond donors (Lipinski definition) is 0. The lowest BCUT2D eigenvalue weighted by molar-refractivity contribution is 0.340. The van der Waals surface area contributed by atoms with Crippen LogP contribution in [-0.2, 0) is 10.0 Å². The minimum Gasteiger partial charge on any atom is -0.494 e. The summed E-state index contributed by atoms with van der Waals surface area (Å²) in [5.74, 6) is 1.26. The molecule has 0 N–H and O–H groups in total. The monoisotopic (exact) mass is 487 g/mol. The molecular formula is C22H21N3O4S3. The lowest BCUT2D eigenvalue weighted by atomic mass is 10.2. The highest BCUT2D eigenvalue weighted by atomic mass is 32.2. The second-order valence-corrected chi connectivity index (χ2v) is 10.4. The Labute approximate surface area is 195 Å². The lowest BCUT2D eigenvalue weighted by Crippen LogP contribution is -2.26. The van der Waals surface area contributed by atoms with E-state index in [9.17, 15) is 8.42 Å². The van der Waals surface area contributed by atoms with Crippen LogP contribution in [0.5, 0.6) is 5.75 Å². The van der Waals surface area contributed by atoms with Gasteiger partial charge in [0.15, 0.2) is 0 Å². The minimum absolute atomic E-state index is 0.117. The van der Waals surface area contributed by atoms with Crippen LogP contribution in [0.1, 0.15) is 6.92 Å². The Morgan fingerprint density at radius 2 is 1.81 bits per heavy atom. The molecule has 0 saturated heterocycles. The molecule has 0 aliphatic heterocycles. The number of anilines is 1. The molecule has 0 aliphatic rings. The highest BCUT2D eigenvalue weighted by Crippen LogP contribution is 2.36. The first-order valence-corrected chi connectivity index (χ1v) is 13.3. The number of thiophene rings is 1. The summed E-state index contributed by atoms with van der Waals surface area (Å²) >= 11 is 2.88. The average Bonchev–Trinajstić information content (AvgIpc) is 3.49. The molecule has 2 heterocycles. The zero-order chi connectivity index (χ0) is 22.7. The molecule has 2 aromatic carbocycles. The van der Waals surface area contributed by atoms with Gasteiger partial charge in [-0.1, -0.05) is 5.16 Å². The predicted molar refractivity (Wildman–Crippen MR) is 128 cm³/mol. The van der Waals surface area contributed by atoms with Crippen molar-refractivity contribution in [3.8, 4) is 27.9 Å². The van der Waals surface area contributed by atoms with Crippen LogP contribution in [0, 0.1) is 0 Å². The Bertz CT molecular complexity index is 1300. The molecule has 10 heteroatoms. The Morgan fingerprint density at radius 1 is 1.09 bits per heavy atom. The van der Waals surface area contributed by atoms with Gasteiger partial charge in [0.25, 0.3) is 15.9 Å². The van der Waals surface area contributed by atoms with Crippen molar-refractivity contribution in [2.45, 2.75) is 16.7 Å². The standard InChI is InChI=1S/C22H21N3O4S3/c1-4-28-17-9-7-16(8-10-17)25(2)32(26,27)19-13-14-31-20(19)22-23-21(24-29-22)15-5-11-18(30-3)12-6-15/h5-14H,4H2,1-3H3. The normalized spacial score (nSPS) is 11.5. The maximum absolute atomic E-state index is 13.4. The van der Waals surface area contributed by atoms with E-state index >= 15 is 0 Å². The fourth-order valence-corrected chi connectivity index (χ4v) is 5.95. The molecule has 32 heavy (non-hydrogen) atoms. The van der Waals surface area contributed by atoms with Gasteiger partial charge in [-0.05, 0) is 73.2 Å². The van der Waals surface area contributed by atoms with Gasteiger partial charge in [0.05, 0.1) is 12.3 Å². The smallest absolute Gasteiger partial charge is 0.269 e. The van der Waals surface area contributed by atoms with E-state index in [-0.39, 0.29) is 10.8 Å². The van der Waals surface area contributed by atoms with E-state index in [1.807, 2.05) is 37.4 Å². The summed E-state index contributed by atoms with van der Waals surface area (Å²) in [5.41, 5.74) is 1.32. The van der Waals surface area contributed by atoms with E-state index in [4.69, 9.17) is 9.26 Å². The quantitative estimate of drug-likeness (QED) is 0.307. The highest BCUT2D eigenvalue weighted by Gasteiger charge is 2.28. The van der Waals surface area contributed by atoms with Gasteiger partial charge >= 0.3 is 0 Å². The van der Waals surface area contributed by atoms with E-state index in [2.05, 4.69) is 10.1 Å². The zero-order valence-corrected chi connectivity index (χ0v) is 20.1. The summed E-state index contributed by atoms with van der Waals surface area (Å²) in [6, 6.07) is 16.2. The van der Waals surface area contributed by atoms with Gasteiger partial charge in [0, 0.05) is 17.5 Å². The maximum Gasteiger partial charge on any atom is 0.269 e. The third kappa shape index (κ3) is 4.38. The van der Waals surface area contributed by atoms with Crippen molar-refractivity contribution in [1.82, 2.24) is 10.1 Å². The Balaban J connectivity index is 1.63. The summed E-state index contributed by atoms with van der Waals surface area (Å²) in [7, 11) is -2.33. The molecule has 0 saturated carbocycles. The number of benzene rings is 2. The van der Waals surface area contributed by atoms with Crippen molar-refractivity contribution >= 4 is 38.8 Å². The fraction of sp³-hybridized carbons (Fsp3) is 0.182. The average molecular weight is 488 g/mol. The number of nitrogens with zero attached hydrogens (tertiary/aromatic N) is 3. The first-order chi connectivity index (χ1) is 15.4. The second kappa shape index (κ2) is 9.35. The minimum atomic E-state index is -3.84. The highest BCUT2D eigenvalue weighted by molar-refractivity contribution is 7.98. The number of sulfonamides is 1. The van der Waals surface area contributed by atoms with E-state index in [1.165, 1.54) is 22.7 Å². The molecule has 166 valence electrons. The number of ether oxygens (including phenoxy) is 1. The Kier molecular flexibility index (Phi) is 6.54. The molecule has 0 atom stereocenters. The van der Waals surface area contributed by atoms with Crippen LogP contribution < -0.4 is 9.04 Å². The molecule has 0 unspecified atom stereocenters. The fourth-order valence-electron chi connectivity index (χ4n) is 3.03. The maximum atomic E-state index is 13.4. The molecule has 7 nitrogen and oxygen atoms in total. The van der Waals surface area contributed by atoms with Crippen LogP contribution in [0.3, 0.4) is 0 Å². The summed E-state index contributed by atoms with van der Waals surface area (Å²) < 4.78 is 38.8.